The smallest absolute Gasteiger partial charge is 0.238 e. The van der Waals surface area contributed by atoms with E-state index >= 15 is 0 Å². The van der Waals surface area contributed by atoms with Crippen molar-refractivity contribution in [3.63, 3.8) is 0 Å². The Bertz CT molecular complexity index is 1120. The zero-order valence-corrected chi connectivity index (χ0v) is 21.1. The highest BCUT2D eigenvalue weighted by Crippen LogP contribution is 2.25. The van der Waals surface area contributed by atoms with E-state index in [4.69, 9.17) is 4.98 Å². The van der Waals surface area contributed by atoms with Crippen molar-refractivity contribution in [3.05, 3.63) is 42.5 Å². The molecular formula is C29H37N5O2. The summed E-state index contributed by atoms with van der Waals surface area (Å²) in [6.07, 6.45) is 9.70. The number of anilines is 2. The second-order valence-corrected chi connectivity index (χ2v) is 10.3. The molecule has 2 amide bonds. The van der Waals surface area contributed by atoms with Crippen molar-refractivity contribution >= 4 is 45.0 Å². The van der Waals surface area contributed by atoms with Gasteiger partial charge in [-0.3, -0.25) is 19.4 Å². The summed E-state index contributed by atoms with van der Waals surface area (Å²) in [7, 11) is 0. The summed E-state index contributed by atoms with van der Waals surface area (Å²) in [5.74, 6) is 0.0397. The fourth-order valence-electron chi connectivity index (χ4n) is 5.37. The van der Waals surface area contributed by atoms with E-state index in [1.165, 1.54) is 51.4 Å². The molecule has 36 heavy (non-hydrogen) atoms. The fraction of sp³-hybridized carbons (Fsp3) is 0.483. The number of hydrogen-bond acceptors (Lipinski definition) is 5. The Balaban J connectivity index is 1.26. The molecule has 3 heterocycles. The highest BCUT2D eigenvalue weighted by molar-refractivity contribution is 5.99. The molecule has 2 N–H and O–H groups in total. The second kappa shape index (κ2) is 11.8. The number of amides is 2. The number of benzene rings is 2. The van der Waals surface area contributed by atoms with Crippen LogP contribution in [0.2, 0.25) is 0 Å². The van der Waals surface area contributed by atoms with Crippen LogP contribution in [-0.4, -0.2) is 65.9 Å². The van der Waals surface area contributed by atoms with Crippen LogP contribution >= 0.6 is 0 Å². The molecule has 2 aliphatic rings. The predicted octanol–water partition coefficient (Wildman–Crippen LogP) is 5.02. The van der Waals surface area contributed by atoms with Gasteiger partial charge in [-0.2, -0.15) is 0 Å². The van der Waals surface area contributed by atoms with Crippen molar-refractivity contribution in [1.82, 2.24) is 14.8 Å². The van der Waals surface area contributed by atoms with Crippen LogP contribution in [0, 0.1) is 0 Å². The molecule has 190 valence electrons. The number of likely N-dealkylation sites (tertiary alicyclic amines) is 2. The van der Waals surface area contributed by atoms with E-state index in [0.29, 0.717) is 13.1 Å². The number of nitrogens with one attached hydrogen (secondary N) is 2. The summed E-state index contributed by atoms with van der Waals surface area (Å²) >= 11 is 0. The van der Waals surface area contributed by atoms with Gasteiger partial charge in [0.25, 0.3) is 0 Å². The molecule has 2 aromatic carbocycles. The van der Waals surface area contributed by atoms with Gasteiger partial charge in [-0.05, 0) is 82.2 Å². The zero-order chi connectivity index (χ0) is 24.7. The molecule has 0 spiro atoms. The minimum atomic E-state index is 0.0199. The third-order valence-electron chi connectivity index (χ3n) is 7.31. The first-order chi connectivity index (χ1) is 17.6. The number of aromatic nitrogens is 1. The van der Waals surface area contributed by atoms with E-state index in [-0.39, 0.29) is 11.8 Å². The lowest BCUT2D eigenvalue weighted by atomic mass is 10.1. The summed E-state index contributed by atoms with van der Waals surface area (Å²) in [4.78, 5) is 34.6. The molecular weight excluding hydrogens is 450 g/mol. The van der Waals surface area contributed by atoms with Crippen molar-refractivity contribution in [1.29, 1.82) is 0 Å². The van der Waals surface area contributed by atoms with Gasteiger partial charge in [-0.25, -0.2) is 4.98 Å². The van der Waals surface area contributed by atoms with Gasteiger partial charge in [-0.15, -0.1) is 0 Å². The third kappa shape index (κ3) is 6.59. The van der Waals surface area contributed by atoms with Gasteiger partial charge >= 0.3 is 0 Å². The van der Waals surface area contributed by atoms with Crippen LogP contribution in [0.4, 0.5) is 11.4 Å². The minimum absolute atomic E-state index is 0.0199. The van der Waals surface area contributed by atoms with Crippen LogP contribution in [0.25, 0.3) is 21.8 Å². The van der Waals surface area contributed by atoms with Crippen LogP contribution in [-0.2, 0) is 9.59 Å². The van der Waals surface area contributed by atoms with Crippen molar-refractivity contribution in [2.75, 3.05) is 49.9 Å². The van der Waals surface area contributed by atoms with Crippen molar-refractivity contribution in [2.24, 2.45) is 0 Å². The summed E-state index contributed by atoms with van der Waals surface area (Å²) in [6.45, 7) is 4.85. The SMILES string of the molecule is O=C(CN1CCCCCC1)Nc1ccc2cc3ccc(NC(=O)CN4CCCCCC4)cc3nc2c1. The molecule has 0 unspecified atom stereocenters. The van der Waals surface area contributed by atoms with E-state index in [0.717, 1.165) is 59.4 Å². The Morgan fingerprint density at radius 3 is 1.44 bits per heavy atom. The van der Waals surface area contributed by atoms with Gasteiger partial charge in [0.15, 0.2) is 0 Å². The van der Waals surface area contributed by atoms with E-state index in [1.54, 1.807) is 0 Å². The topological polar surface area (TPSA) is 77.6 Å². The van der Waals surface area contributed by atoms with Gasteiger partial charge in [0.2, 0.25) is 11.8 Å². The second-order valence-electron chi connectivity index (χ2n) is 10.3. The van der Waals surface area contributed by atoms with E-state index < -0.39 is 0 Å². The first-order valence-electron chi connectivity index (χ1n) is 13.5. The first-order valence-corrected chi connectivity index (χ1v) is 13.5. The molecule has 0 saturated carbocycles. The Morgan fingerprint density at radius 1 is 0.611 bits per heavy atom. The number of fused-ring (bicyclic) bond motifs is 2. The molecule has 3 aromatic rings. The first kappa shape index (κ1) is 24.7. The Labute approximate surface area is 213 Å². The Kier molecular flexibility index (Phi) is 8.08. The Morgan fingerprint density at radius 2 is 1.03 bits per heavy atom. The highest BCUT2D eigenvalue weighted by Gasteiger charge is 2.15. The van der Waals surface area contributed by atoms with Crippen molar-refractivity contribution < 1.29 is 9.59 Å². The highest BCUT2D eigenvalue weighted by atomic mass is 16.2. The molecule has 2 saturated heterocycles. The zero-order valence-electron chi connectivity index (χ0n) is 21.1. The molecule has 1 aromatic heterocycles. The standard InChI is InChI=1S/C29H37N5O2/c35-28(20-33-13-5-1-2-6-14-33)30-24-11-9-22-17-23-10-12-25(19-27(23)32-26(22)18-24)31-29(36)21-34-15-7-3-4-8-16-34/h9-12,17-19H,1-8,13-16,20-21H2,(H,30,35)(H,31,36). The molecule has 0 aliphatic carbocycles. The van der Waals surface area contributed by atoms with E-state index in [1.807, 2.05) is 36.4 Å². The number of nitrogens with zero attached hydrogens (tertiary/aromatic N) is 3. The molecule has 5 rings (SSSR count). The molecule has 0 atom stereocenters. The molecule has 0 radical (unpaired) electrons. The molecule has 7 heteroatoms. The summed E-state index contributed by atoms with van der Waals surface area (Å²) in [6, 6.07) is 13.8. The lowest BCUT2D eigenvalue weighted by molar-refractivity contribution is -0.118. The Hall–Kier alpha value is -3.03. The monoisotopic (exact) mass is 487 g/mol. The van der Waals surface area contributed by atoms with Crippen LogP contribution in [0.3, 0.4) is 0 Å². The predicted molar refractivity (Wildman–Crippen MR) is 146 cm³/mol. The molecule has 0 bridgehead atoms. The van der Waals surface area contributed by atoms with Crippen LogP contribution in [0.15, 0.2) is 42.5 Å². The lowest BCUT2D eigenvalue weighted by Crippen LogP contribution is -2.33. The summed E-state index contributed by atoms with van der Waals surface area (Å²) in [5.41, 5.74) is 3.17. The van der Waals surface area contributed by atoms with Crippen LogP contribution in [0.5, 0.6) is 0 Å². The maximum Gasteiger partial charge on any atom is 0.238 e. The molecule has 7 nitrogen and oxygen atoms in total. The molecule has 2 fully saturated rings. The average Bonchev–Trinajstić information content (AvgIpc) is 3.28. The van der Waals surface area contributed by atoms with Crippen LogP contribution in [0.1, 0.15) is 51.4 Å². The molecule has 2 aliphatic heterocycles. The number of carbonyl (C=O) groups is 2. The number of pyridine rings is 1. The van der Waals surface area contributed by atoms with Crippen LogP contribution < -0.4 is 10.6 Å². The third-order valence-corrected chi connectivity index (χ3v) is 7.31. The maximum atomic E-state index is 12.6. The minimum Gasteiger partial charge on any atom is -0.325 e. The number of hydrogen-bond donors (Lipinski definition) is 2. The average molecular weight is 488 g/mol. The quantitative estimate of drug-likeness (QED) is 0.478. The van der Waals surface area contributed by atoms with Gasteiger partial charge < -0.3 is 10.6 Å². The normalized spacial score (nSPS) is 18.0. The maximum absolute atomic E-state index is 12.6. The van der Waals surface area contributed by atoms with E-state index in [9.17, 15) is 9.59 Å². The van der Waals surface area contributed by atoms with Gasteiger partial charge in [-0.1, -0.05) is 37.8 Å². The van der Waals surface area contributed by atoms with Crippen molar-refractivity contribution in [2.45, 2.75) is 51.4 Å². The number of carbonyl (C=O) groups excluding carboxylic acids is 2. The van der Waals surface area contributed by atoms with Gasteiger partial charge in [0.05, 0.1) is 24.1 Å². The van der Waals surface area contributed by atoms with E-state index in [2.05, 4.69) is 26.5 Å². The van der Waals surface area contributed by atoms with Gasteiger partial charge in [0.1, 0.15) is 0 Å². The van der Waals surface area contributed by atoms with Gasteiger partial charge in [0, 0.05) is 22.1 Å². The number of rotatable bonds is 6. The fourth-order valence-corrected chi connectivity index (χ4v) is 5.37. The lowest BCUT2D eigenvalue weighted by Gasteiger charge is -2.19. The largest absolute Gasteiger partial charge is 0.325 e. The summed E-state index contributed by atoms with van der Waals surface area (Å²) in [5, 5.41) is 8.14. The summed E-state index contributed by atoms with van der Waals surface area (Å²) < 4.78 is 0. The van der Waals surface area contributed by atoms with Crippen molar-refractivity contribution in [3.8, 4) is 0 Å².